The van der Waals surface area contributed by atoms with Gasteiger partial charge in [-0.1, -0.05) is 17.7 Å². The van der Waals surface area contributed by atoms with Gasteiger partial charge < -0.3 is 9.84 Å². The third kappa shape index (κ3) is 2.71. The first-order valence-electron chi connectivity index (χ1n) is 5.59. The Morgan fingerprint density at radius 1 is 1.47 bits per heavy atom. The van der Waals surface area contributed by atoms with Crippen LogP contribution in [0.4, 0.5) is 0 Å². The van der Waals surface area contributed by atoms with Crippen LogP contribution in [0.15, 0.2) is 18.2 Å². The van der Waals surface area contributed by atoms with Gasteiger partial charge in [-0.2, -0.15) is 5.26 Å². The Bertz CT molecular complexity index is 449. The quantitative estimate of drug-likeness (QED) is 0.876. The number of hydrogen-bond donors (Lipinski definition) is 1. The van der Waals surface area contributed by atoms with Crippen molar-refractivity contribution in [1.82, 2.24) is 0 Å². The zero-order valence-electron chi connectivity index (χ0n) is 9.45. The summed E-state index contributed by atoms with van der Waals surface area (Å²) in [5.74, 6) is 0.615. The van der Waals surface area contributed by atoms with Gasteiger partial charge in [0.1, 0.15) is 5.75 Å². The number of benzene rings is 1. The van der Waals surface area contributed by atoms with Crippen LogP contribution >= 0.6 is 11.6 Å². The molecule has 0 spiro atoms. The van der Waals surface area contributed by atoms with Gasteiger partial charge in [0.05, 0.1) is 19.3 Å². The monoisotopic (exact) mass is 251 g/mol. The van der Waals surface area contributed by atoms with Crippen molar-refractivity contribution in [3.63, 3.8) is 0 Å². The molecule has 0 heterocycles. The maximum atomic E-state index is 9.23. The van der Waals surface area contributed by atoms with Gasteiger partial charge >= 0.3 is 0 Å². The van der Waals surface area contributed by atoms with Crippen LogP contribution in [0, 0.1) is 16.7 Å². The van der Waals surface area contributed by atoms with Crippen LogP contribution in [0.25, 0.3) is 0 Å². The third-order valence-corrected chi connectivity index (χ3v) is 3.53. The van der Waals surface area contributed by atoms with Crippen LogP contribution in [0.3, 0.4) is 0 Å². The van der Waals surface area contributed by atoms with Crippen molar-refractivity contribution in [2.24, 2.45) is 5.41 Å². The molecule has 0 atom stereocenters. The molecule has 1 N–H and O–H groups in total. The second-order valence-electron chi connectivity index (χ2n) is 4.50. The average Bonchev–Trinajstić information content (AvgIpc) is 3.07. The molecule has 0 radical (unpaired) electrons. The lowest BCUT2D eigenvalue weighted by molar-refractivity contribution is 0.223. The summed E-state index contributed by atoms with van der Waals surface area (Å²) in [7, 11) is 0. The molecule has 0 aromatic heterocycles. The van der Waals surface area contributed by atoms with Gasteiger partial charge in [-0.3, -0.25) is 0 Å². The summed E-state index contributed by atoms with van der Waals surface area (Å²) in [6, 6.07) is 7.50. The lowest BCUT2D eigenvalue weighted by Crippen LogP contribution is -2.13. The van der Waals surface area contributed by atoms with E-state index in [0.29, 0.717) is 29.4 Å². The van der Waals surface area contributed by atoms with Crippen LogP contribution in [0.1, 0.15) is 24.8 Å². The molecule has 1 aliphatic rings. The smallest absolute Gasteiger partial charge is 0.126 e. The van der Waals surface area contributed by atoms with Crippen molar-refractivity contribution in [1.29, 1.82) is 5.26 Å². The maximum Gasteiger partial charge on any atom is 0.126 e. The van der Waals surface area contributed by atoms with E-state index < -0.39 is 0 Å². The van der Waals surface area contributed by atoms with Crippen LogP contribution in [-0.4, -0.2) is 11.7 Å². The number of rotatable bonds is 5. The fraction of sp³-hybridized carbons (Fsp3) is 0.462. The summed E-state index contributed by atoms with van der Waals surface area (Å²) in [5.41, 5.74) is 0.644. The molecule has 4 heteroatoms. The van der Waals surface area contributed by atoms with E-state index in [9.17, 15) is 5.11 Å². The molecule has 1 aromatic rings. The maximum absolute atomic E-state index is 9.23. The minimum atomic E-state index is -0.139. The van der Waals surface area contributed by atoms with Crippen molar-refractivity contribution in [3.8, 4) is 11.8 Å². The number of nitriles is 1. The third-order valence-electron chi connectivity index (χ3n) is 3.18. The highest BCUT2D eigenvalue weighted by atomic mass is 35.5. The molecule has 1 aromatic carbocycles. The summed E-state index contributed by atoms with van der Waals surface area (Å²) in [5, 5.41) is 18.5. The van der Waals surface area contributed by atoms with Gasteiger partial charge in [-0.15, -0.1) is 0 Å². The first-order chi connectivity index (χ1) is 8.21. The van der Waals surface area contributed by atoms with Gasteiger partial charge in [0.25, 0.3) is 0 Å². The minimum Gasteiger partial charge on any atom is -0.493 e. The van der Waals surface area contributed by atoms with E-state index >= 15 is 0 Å². The lowest BCUT2D eigenvalue weighted by Gasteiger charge is -2.15. The Hall–Kier alpha value is -1.24. The van der Waals surface area contributed by atoms with E-state index in [1.807, 2.05) is 0 Å². The Morgan fingerprint density at radius 3 is 2.82 bits per heavy atom. The summed E-state index contributed by atoms with van der Waals surface area (Å²) in [4.78, 5) is 0. The second-order valence-corrected chi connectivity index (χ2v) is 4.91. The standard InChI is InChI=1S/C13H14ClNO2/c14-11-2-1-3-12(10(11)8-16)17-9-13(4-5-13)6-7-15/h1-3,16H,4-6,8-9H2. The first kappa shape index (κ1) is 12.2. The van der Waals surface area contributed by atoms with Crippen LogP contribution in [-0.2, 0) is 6.61 Å². The SMILES string of the molecule is N#CCC1(COc2cccc(Cl)c2CO)CC1. The Balaban J connectivity index is 2.05. The molecular weight excluding hydrogens is 238 g/mol. The van der Waals surface area contributed by atoms with E-state index in [1.165, 1.54) is 0 Å². The highest BCUT2D eigenvalue weighted by molar-refractivity contribution is 6.31. The molecule has 0 amide bonds. The zero-order chi connectivity index (χ0) is 12.3. The second kappa shape index (κ2) is 4.95. The molecule has 0 saturated heterocycles. The summed E-state index contributed by atoms with van der Waals surface area (Å²) in [6.45, 7) is 0.383. The number of aliphatic hydroxyl groups is 1. The van der Waals surface area contributed by atoms with Gasteiger partial charge in [0.2, 0.25) is 0 Å². The van der Waals surface area contributed by atoms with E-state index in [0.717, 1.165) is 12.8 Å². The van der Waals surface area contributed by atoms with Crippen LogP contribution in [0.5, 0.6) is 5.75 Å². The van der Waals surface area contributed by atoms with Crippen molar-refractivity contribution >= 4 is 11.6 Å². The Labute approximate surface area is 106 Å². The zero-order valence-corrected chi connectivity index (χ0v) is 10.2. The minimum absolute atomic E-state index is 0.0315. The number of nitrogens with zero attached hydrogens (tertiary/aromatic N) is 1. The molecule has 3 nitrogen and oxygen atoms in total. The summed E-state index contributed by atoms with van der Waals surface area (Å²) < 4.78 is 5.69. The number of aliphatic hydroxyl groups excluding tert-OH is 1. The fourth-order valence-electron chi connectivity index (χ4n) is 1.78. The van der Waals surface area contributed by atoms with Crippen molar-refractivity contribution < 1.29 is 9.84 Å². The molecule has 2 rings (SSSR count). The molecule has 0 aliphatic heterocycles. The molecule has 1 fully saturated rings. The van der Waals surface area contributed by atoms with Gasteiger partial charge in [0, 0.05) is 22.4 Å². The van der Waals surface area contributed by atoms with Gasteiger partial charge in [0.15, 0.2) is 0 Å². The predicted octanol–water partition coefficient (Wildman–Crippen LogP) is 2.90. The molecule has 0 bridgehead atoms. The largest absolute Gasteiger partial charge is 0.493 e. The number of ether oxygens (including phenoxy) is 1. The molecular formula is C13H14ClNO2. The predicted molar refractivity (Wildman–Crippen MR) is 64.8 cm³/mol. The van der Waals surface area contributed by atoms with Crippen LogP contribution in [0.2, 0.25) is 5.02 Å². The van der Waals surface area contributed by atoms with Crippen LogP contribution < -0.4 is 4.74 Å². The molecule has 1 saturated carbocycles. The van der Waals surface area contributed by atoms with Crippen molar-refractivity contribution in [3.05, 3.63) is 28.8 Å². The highest BCUT2D eigenvalue weighted by Gasteiger charge is 2.43. The van der Waals surface area contributed by atoms with Crippen molar-refractivity contribution in [2.75, 3.05) is 6.61 Å². The Kier molecular flexibility index (Phi) is 3.56. The molecule has 17 heavy (non-hydrogen) atoms. The normalized spacial score (nSPS) is 16.3. The average molecular weight is 252 g/mol. The van der Waals surface area contributed by atoms with E-state index in [4.69, 9.17) is 21.6 Å². The summed E-state index contributed by atoms with van der Waals surface area (Å²) >= 11 is 5.96. The fourth-order valence-corrected chi connectivity index (χ4v) is 2.00. The summed E-state index contributed by atoms with van der Waals surface area (Å²) in [6.07, 6.45) is 2.60. The highest BCUT2D eigenvalue weighted by Crippen LogP contribution is 2.48. The lowest BCUT2D eigenvalue weighted by atomic mass is 10.1. The van der Waals surface area contributed by atoms with Crippen molar-refractivity contribution in [2.45, 2.75) is 25.9 Å². The van der Waals surface area contributed by atoms with Gasteiger partial charge in [-0.25, -0.2) is 0 Å². The Morgan fingerprint density at radius 2 is 2.24 bits per heavy atom. The molecule has 90 valence electrons. The number of halogens is 1. The topological polar surface area (TPSA) is 53.2 Å². The van der Waals surface area contributed by atoms with E-state index in [-0.39, 0.29) is 12.0 Å². The molecule has 0 unspecified atom stereocenters. The van der Waals surface area contributed by atoms with E-state index in [1.54, 1.807) is 18.2 Å². The van der Waals surface area contributed by atoms with Gasteiger partial charge in [-0.05, 0) is 25.0 Å². The number of hydrogen-bond acceptors (Lipinski definition) is 3. The first-order valence-corrected chi connectivity index (χ1v) is 5.96. The molecule has 1 aliphatic carbocycles. The van der Waals surface area contributed by atoms with E-state index in [2.05, 4.69) is 6.07 Å².